The lowest BCUT2D eigenvalue weighted by Gasteiger charge is -2.10. The molecule has 1 aliphatic rings. The summed E-state index contributed by atoms with van der Waals surface area (Å²) in [6.07, 6.45) is 0.823. The molecule has 0 amide bonds. The van der Waals surface area contributed by atoms with E-state index in [1.165, 1.54) is 0 Å². The molecule has 66 valence electrons. The van der Waals surface area contributed by atoms with Crippen LogP contribution in [0, 0.1) is 5.92 Å². The number of carboxylic acid groups (broad SMARTS) is 1. The lowest BCUT2D eigenvalue weighted by Crippen LogP contribution is -2.22. The van der Waals surface area contributed by atoms with Crippen molar-refractivity contribution in [2.75, 3.05) is 19.6 Å². The third-order valence-electron chi connectivity index (χ3n) is 2.07. The number of carbonyl (C=O) groups is 1. The highest BCUT2D eigenvalue weighted by atomic mass is 35.5. The van der Waals surface area contributed by atoms with Gasteiger partial charge in [-0.05, 0) is 19.5 Å². The van der Waals surface area contributed by atoms with Gasteiger partial charge in [0, 0.05) is 6.54 Å². The van der Waals surface area contributed by atoms with Gasteiger partial charge in [-0.3, -0.25) is 4.79 Å². The Labute approximate surface area is 72.8 Å². The highest BCUT2D eigenvalue weighted by Gasteiger charge is 2.26. The molecule has 1 fully saturated rings. The molecular weight excluding hydrogens is 166 g/mol. The normalized spacial score (nSPS) is 24.6. The summed E-state index contributed by atoms with van der Waals surface area (Å²) in [5, 5.41) is 8.60. The van der Waals surface area contributed by atoms with Crippen LogP contribution < -0.4 is 0 Å². The van der Waals surface area contributed by atoms with Crippen LogP contribution in [0.3, 0.4) is 0 Å². The van der Waals surface area contributed by atoms with Crippen LogP contribution in [0.25, 0.3) is 0 Å². The second-order valence-corrected chi connectivity index (χ2v) is 2.72. The maximum absolute atomic E-state index is 10.4. The van der Waals surface area contributed by atoms with E-state index < -0.39 is 5.97 Å². The second-order valence-electron chi connectivity index (χ2n) is 2.72. The first-order valence-electron chi connectivity index (χ1n) is 3.69. The fourth-order valence-corrected chi connectivity index (χ4v) is 1.32. The predicted octanol–water partition coefficient (Wildman–Crippen LogP) is 0.835. The summed E-state index contributed by atoms with van der Waals surface area (Å²) in [5.74, 6) is -0.754. The van der Waals surface area contributed by atoms with Crippen LogP contribution >= 0.6 is 12.4 Å². The van der Waals surface area contributed by atoms with Crippen molar-refractivity contribution in [2.45, 2.75) is 13.3 Å². The first-order chi connectivity index (χ1) is 4.74. The van der Waals surface area contributed by atoms with E-state index >= 15 is 0 Å². The van der Waals surface area contributed by atoms with E-state index in [1.54, 1.807) is 0 Å². The molecule has 0 aromatic rings. The minimum atomic E-state index is -0.643. The van der Waals surface area contributed by atoms with Crippen LogP contribution in [0.1, 0.15) is 13.3 Å². The maximum atomic E-state index is 10.4. The lowest BCUT2D eigenvalue weighted by atomic mass is 10.1. The molecule has 3 nitrogen and oxygen atoms in total. The first kappa shape index (κ1) is 10.7. The third-order valence-corrected chi connectivity index (χ3v) is 2.07. The zero-order chi connectivity index (χ0) is 7.56. The molecule has 1 heterocycles. The van der Waals surface area contributed by atoms with Gasteiger partial charge in [0.05, 0.1) is 5.92 Å². The van der Waals surface area contributed by atoms with Gasteiger partial charge >= 0.3 is 5.97 Å². The number of aliphatic carboxylic acids is 1. The molecular formula is C7H14ClNO2. The Morgan fingerprint density at radius 3 is 2.64 bits per heavy atom. The standard InChI is InChI=1S/C7H13NO2.ClH/c1-2-8-4-3-6(5-8)7(9)10;/h6H,2-5H2,1H3,(H,9,10);1H/t6-;/m1./s1. The van der Waals surface area contributed by atoms with Crippen LogP contribution in [-0.4, -0.2) is 35.6 Å². The largest absolute Gasteiger partial charge is 0.481 e. The summed E-state index contributed by atoms with van der Waals surface area (Å²) in [6.45, 7) is 4.73. The van der Waals surface area contributed by atoms with E-state index in [1.807, 2.05) is 0 Å². The number of nitrogens with zero attached hydrogens (tertiary/aromatic N) is 1. The monoisotopic (exact) mass is 179 g/mol. The van der Waals surface area contributed by atoms with Gasteiger partial charge in [-0.25, -0.2) is 0 Å². The molecule has 0 bridgehead atoms. The molecule has 0 aromatic heterocycles. The van der Waals surface area contributed by atoms with Crippen molar-refractivity contribution >= 4 is 18.4 Å². The van der Waals surface area contributed by atoms with Crippen LogP contribution in [0.5, 0.6) is 0 Å². The smallest absolute Gasteiger partial charge is 0.307 e. The van der Waals surface area contributed by atoms with Crippen molar-refractivity contribution in [2.24, 2.45) is 5.92 Å². The summed E-state index contributed by atoms with van der Waals surface area (Å²) in [6, 6.07) is 0. The average Bonchev–Trinajstić information content (AvgIpc) is 2.34. The average molecular weight is 180 g/mol. The summed E-state index contributed by atoms with van der Waals surface area (Å²) in [4.78, 5) is 12.6. The Morgan fingerprint density at radius 2 is 2.36 bits per heavy atom. The van der Waals surface area contributed by atoms with Gasteiger partial charge in [0.1, 0.15) is 0 Å². The van der Waals surface area contributed by atoms with E-state index in [9.17, 15) is 4.79 Å². The number of halogens is 1. The highest BCUT2D eigenvalue weighted by Crippen LogP contribution is 2.14. The molecule has 0 aliphatic carbocycles. The van der Waals surface area contributed by atoms with E-state index in [0.29, 0.717) is 0 Å². The minimum absolute atomic E-state index is 0. The molecule has 0 unspecified atom stereocenters. The van der Waals surface area contributed by atoms with E-state index in [2.05, 4.69) is 11.8 Å². The Morgan fingerprint density at radius 1 is 1.73 bits per heavy atom. The lowest BCUT2D eigenvalue weighted by molar-refractivity contribution is -0.141. The summed E-state index contributed by atoms with van der Waals surface area (Å²) < 4.78 is 0. The van der Waals surface area contributed by atoms with Crippen molar-refractivity contribution in [1.29, 1.82) is 0 Å². The van der Waals surface area contributed by atoms with Crippen molar-refractivity contribution in [3.63, 3.8) is 0 Å². The molecule has 1 saturated heterocycles. The summed E-state index contributed by atoms with van der Waals surface area (Å²) >= 11 is 0. The number of hydrogen-bond donors (Lipinski definition) is 1. The van der Waals surface area contributed by atoms with E-state index in [-0.39, 0.29) is 18.3 Å². The van der Waals surface area contributed by atoms with Crippen LogP contribution in [0.15, 0.2) is 0 Å². The SMILES string of the molecule is CCN1CC[C@@H](C(=O)O)C1.Cl. The van der Waals surface area contributed by atoms with Gasteiger partial charge in [-0.1, -0.05) is 6.92 Å². The van der Waals surface area contributed by atoms with Gasteiger partial charge in [0.25, 0.3) is 0 Å². The van der Waals surface area contributed by atoms with Gasteiger partial charge in [0.2, 0.25) is 0 Å². The molecule has 0 spiro atoms. The predicted molar refractivity (Wildman–Crippen MR) is 45.1 cm³/mol. The molecule has 1 rings (SSSR count). The molecule has 11 heavy (non-hydrogen) atoms. The molecule has 4 heteroatoms. The van der Waals surface area contributed by atoms with E-state index in [0.717, 1.165) is 26.1 Å². The Hall–Kier alpha value is -0.280. The molecule has 0 saturated carbocycles. The number of hydrogen-bond acceptors (Lipinski definition) is 2. The first-order valence-corrected chi connectivity index (χ1v) is 3.69. The maximum Gasteiger partial charge on any atom is 0.307 e. The van der Waals surface area contributed by atoms with Gasteiger partial charge < -0.3 is 10.0 Å². The molecule has 1 atom stereocenters. The van der Waals surface area contributed by atoms with Crippen LogP contribution in [-0.2, 0) is 4.79 Å². The number of rotatable bonds is 2. The zero-order valence-electron chi connectivity index (χ0n) is 6.62. The topological polar surface area (TPSA) is 40.5 Å². The number of carboxylic acids is 1. The highest BCUT2D eigenvalue weighted by molar-refractivity contribution is 5.85. The molecule has 1 aliphatic heterocycles. The molecule has 0 aromatic carbocycles. The van der Waals surface area contributed by atoms with Crippen molar-refractivity contribution in [1.82, 2.24) is 4.90 Å². The molecule has 0 radical (unpaired) electrons. The Balaban J connectivity index is 0.000001000. The van der Waals surface area contributed by atoms with Crippen molar-refractivity contribution < 1.29 is 9.90 Å². The quantitative estimate of drug-likeness (QED) is 0.683. The van der Waals surface area contributed by atoms with Gasteiger partial charge in [0.15, 0.2) is 0 Å². The third kappa shape index (κ3) is 2.67. The van der Waals surface area contributed by atoms with Gasteiger partial charge in [-0.2, -0.15) is 0 Å². The van der Waals surface area contributed by atoms with Crippen molar-refractivity contribution in [3.8, 4) is 0 Å². The number of likely N-dealkylation sites (tertiary alicyclic amines) is 1. The minimum Gasteiger partial charge on any atom is -0.481 e. The van der Waals surface area contributed by atoms with Gasteiger partial charge in [-0.15, -0.1) is 12.4 Å². The Kier molecular flexibility index (Phi) is 4.45. The fraction of sp³-hybridized carbons (Fsp3) is 0.857. The Bertz CT molecular complexity index is 140. The van der Waals surface area contributed by atoms with E-state index in [4.69, 9.17) is 5.11 Å². The van der Waals surface area contributed by atoms with Crippen LogP contribution in [0.4, 0.5) is 0 Å². The second kappa shape index (κ2) is 4.57. The zero-order valence-corrected chi connectivity index (χ0v) is 7.43. The van der Waals surface area contributed by atoms with Crippen molar-refractivity contribution in [3.05, 3.63) is 0 Å². The fourth-order valence-electron chi connectivity index (χ4n) is 1.32. The van der Waals surface area contributed by atoms with Crippen LogP contribution in [0.2, 0.25) is 0 Å². The summed E-state index contributed by atoms with van der Waals surface area (Å²) in [7, 11) is 0. The molecule has 1 N–H and O–H groups in total. The summed E-state index contributed by atoms with van der Waals surface area (Å²) in [5.41, 5.74) is 0.